The lowest BCUT2D eigenvalue weighted by Gasteiger charge is -2.23. The fourth-order valence-corrected chi connectivity index (χ4v) is 4.64. The third-order valence-electron chi connectivity index (χ3n) is 7.05. The number of hydrogen-bond acceptors (Lipinski definition) is 7. The van der Waals surface area contributed by atoms with Crippen molar-refractivity contribution in [2.45, 2.75) is 40.7 Å². The maximum atomic E-state index is 13.7. The molecule has 3 heterocycles. The Morgan fingerprint density at radius 2 is 1.66 bits per heavy atom. The van der Waals surface area contributed by atoms with Gasteiger partial charge >= 0.3 is 5.97 Å². The molecule has 0 radical (unpaired) electrons. The molecule has 0 fully saturated rings. The van der Waals surface area contributed by atoms with Crippen LogP contribution in [0.3, 0.4) is 0 Å². The predicted octanol–water partition coefficient (Wildman–Crippen LogP) is 5.24. The number of rotatable bonds is 12. The van der Waals surface area contributed by atoms with Gasteiger partial charge in [0, 0.05) is 22.8 Å². The number of carbonyl (C=O) groups excluding carboxylic acids is 2. The lowest BCUT2D eigenvalue weighted by Crippen LogP contribution is -2.30. The number of pyridine rings is 2. The van der Waals surface area contributed by atoms with Crippen molar-refractivity contribution in [3.8, 4) is 5.75 Å². The van der Waals surface area contributed by atoms with Crippen LogP contribution in [-0.4, -0.2) is 45.7 Å². The number of benzene rings is 1. The average molecular weight is 558 g/mol. The summed E-state index contributed by atoms with van der Waals surface area (Å²) in [4.78, 5) is 43.4. The molecule has 4 rings (SSSR count). The van der Waals surface area contributed by atoms with E-state index in [1.54, 1.807) is 92.2 Å². The molecule has 9 heteroatoms. The zero-order chi connectivity index (χ0) is 29.9. The Labute approximate surface area is 238 Å². The number of anilines is 1. The minimum atomic E-state index is -1.11. The summed E-state index contributed by atoms with van der Waals surface area (Å²) in [6.45, 7) is 7.24. The molecule has 214 valence electrons. The molecule has 0 atom stereocenters. The Balaban J connectivity index is 1.65. The number of nitrogen functional groups attached to an aromatic ring is 1. The van der Waals surface area contributed by atoms with Crippen molar-refractivity contribution in [2.75, 3.05) is 19.5 Å². The van der Waals surface area contributed by atoms with Crippen LogP contribution in [0.1, 0.15) is 65.4 Å². The lowest BCUT2D eigenvalue weighted by atomic mass is 9.85. The Bertz CT molecular complexity index is 1600. The number of carboxylic acid groups (broad SMARTS) is 1. The molecular formula is C32H35N3O6. The van der Waals surface area contributed by atoms with E-state index in [9.17, 15) is 19.5 Å². The Kier molecular flexibility index (Phi) is 8.30. The van der Waals surface area contributed by atoms with Gasteiger partial charge in [-0.2, -0.15) is 0 Å². The van der Waals surface area contributed by atoms with Crippen LogP contribution in [0.5, 0.6) is 5.75 Å². The van der Waals surface area contributed by atoms with Crippen molar-refractivity contribution < 1.29 is 29.0 Å². The molecule has 0 saturated carbocycles. The molecule has 4 aromatic rings. The number of aromatic nitrogens is 2. The van der Waals surface area contributed by atoms with Crippen LogP contribution in [0.4, 0.5) is 5.82 Å². The molecule has 0 aliphatic carbocycles. The van der Waals surface area contributed by atoms with Crippen LogP contribution >= 0.6 is 0 Å². The van der Waals surface area contributed by atoms with Gasteiger partial charge in [-0.15, -0.1) is 0 Å². The van der Waals surface area contributed by atoms with Gasteiger partial charge in [-0.3, -0.25) is 14.4 Å². The number of Topliss-reactive ketones (excluding diaryl/α,β-unsaturated/α-hetero) is 1. The van der Waals surface area contributed by atoms with Crippen LogP contribution in [0, 0.1) is 10.8 Å². The van der Waals surface area contributed by atoms with Gasteiger partial charge in [0.15, 0.2) is 5.78 Å². The molecule has 3 aromatic heterocycles. The number of ketones is 2. The number of hydrogen-bond donors (Lipinski definition) is 2. The highest BCUT2D eigenvalue weighted by molar-refractivity contribution is 6.10. The number of aliphatic carboxylic acids is 1. The minimum Gasteiger partial charge on any atom is -0.497 e. The maximum Gasteiger partial charge on any atom is 0.309 e. The Morgan fingerprint density at radius 1 is 0.951 bits per heavy atom. The molecule has 0 aliphatic heterocycles. The molecule has 0 saturated heterocycles. The van der Waals surface area contributed by atoms with Crippen molar-refractivity contribution in [2.24, 2.45) is 10.8 Å². The third-order valence-corrected chi connectivity index (χ3v) is 7.05. The smallest absolute Gasteiger partial charge is 0.309 e. The van der Waals surface area contributed by atoms with Crippen molar-refractivity contribution in [1.82, 2.24) is 9.38 Å². The summed E-state index contributed by atoms with van der Waals surface area (Å²) in [6.07, 6.45) is 1.81. The summed E-state index contributed by atoms with van der Waals surface area (Å²) >= 11 is 0. The average Bonchev–Trinajstić information content (AvgIpc) is 3.28. The van der Waals surface area contributed by atoms with Crippen LogP contribution in [0.15, 0.2) is 66.9 Å². The summed E-state index contributed by atoms with van der Waals surface area (Å²) < 4.78 is 12.7. The predicted molar refractivity (Wildman–Crippen MR) is 155 cm³/mol. The Morgan fingerprint density at radius 3 is 2.29 bits per heavy atom. The number of carbonyl (C=O) groups is 3. The van der Waals surface area contributed by atoms with E-state index in [0.717, 1.165) is 0 Å². The van der Waals surface area contributed by atoms with Gasteiger partial charge in [0.25, 0.3) is 0 Å². The number of carboxylic acids is 1. The van der Waals surface area contributed by atoms with E-state index in [0.29, 0.717) is 45.2 Å². The second kappa shape index (κ2) is 11.5. The molecule has 0 spiro atoms. The van der Waals surface area contributed by atoms with E-state index in [4.69, 9.17) is 15.2 Å². The van der Waals surface area contributed by atoms with E-state index in [1.807, 2.05) is 13.8 Å². The summed E-state index contributed by atoms with van der Waals surface area (Å²) in [7, 11) is 1.55. The zero-order valence-electron chi connectivity index (χ0n) is 23.9. The first kappa shape index (κ1) is 29.5. The maximum absolute atomic E-state index is 13.7. The number of nitrogens with two attached hydrogens (primary N) is 1. The SMILES string of the molecule is COc1ccc(C(=O)c2c(CC(C)(C)C(=O)O)cc3cc(C(=O)C(C)(C)COCc4cccc(N)n4)ccn23)cc1. The minimum absolute atomic E-state index is 0.127. The van der Waals surface area contributed by atoms with E-state index < -0.39 is 16.8 Å². The first-order valence-corrected chi connectivity index (χ1v) is 13.2. The number of nitrogens with zero attached hydrogens (tertiary/aromatic N) is 2. The molecule has 0 bridgehead atoms. The molecule has 0 unspecified atom stereocenters. The second-order valence-electron chi connectivity index (χ2n) is 11.4. The molecule has 3 N–H and O–H groups in total. The van der Waals surface area contributed by atoms with Gasteiger partial charge < -0.3 is 24.7 Å². The topological polar surface area (TPSA) is 133 Å². The largest absolute Gasteiger partial charge is 0.497 e. The van der Waals surface area contributed by atoms with Gasteiger partial charge in [0.2, 0.25) is 5.78 Å². The van der Waals surface area contributed by atoms with Crippen LogP contribution in [0.2, 0.25) is 0 Å². The van der Waals surface area contributed by atoms with E-state index in [-0.39, 0.29) is 31.2 Å². The summed E-state index contributed by atoms with van der Waals surface area (Å²) in [5.74, 6) is -0.337. The molecule has 0 aliphatic rings. The fourth-order valence-electron chi connectivity index (χ4n) is 4.64. The van der Waals surface area contributed by atoms with Gasteiger partial charge in [0.1, 0.15) is 11.6 Å². The molecule has 1 aromatic carbocycles. The third kappa shape index (κ3) is 6.47. The molecular weight excluding hydrogens is 522 g/mol. The monoisotopic (exact) mass is 557 g/mol. The van der Waals surface area contributed by atoms with Gasteiger partial charge in [-0.1, -0.05) is 19.9 Å². The second-order valence-corrected chi connectivity index (χ2v) is 11.4. The first-order chi connectivity index (χ1) is 19.3. The highest BCUT2D eigenvalue weighted by atomic mass is 16.5. The van der Waals surface area contributed by atoms with Gasteiger partial charge in [-0.25, -0.2) is 4.98 Å². The number of ether oxygens (including phenoxy) is 2. The number of methoxy groups -OCH3 is 1. The van der Waals surface area contributed by atoms with E-state index in [2.05, 4.69) is 4.98 Å². The van der Waals surface area contributed by atoms with E-state index >= 15 is 0 Å². The van der Waals surface area contributed by atoms with Crippen LogP contribution in [0.25, 0.3) is 5.52 Å². The van der Waals surface area contributed by atoms with Crippen molar-refractivity contribution in [1.29, 1.82) is 0 Å². The van der Waals surface area contributed by atoms with Crippen LogP contribution < -0.4 is 10.5 Å². The molecule has 0 amide bonds. The normalized spacial score (nSPS) is 11.9. The van der Waals surface area contributed by atoms with Crippen molar-refractivity contribution in [3.05, 3.63) is 94.9 Å². The quantitative estimate of drug-likeness (QED) is 0.226. The van der Waals surface area contributed by atoms with Crippen molar-refractivity contribution in [3.63, 3.8) is 0 Å². The summed E-state index contributed by atoms with van der Waals surface area (Å²) in [5.41, 5.74) is 6.90. The fraction of sp³-hybridized carbons (Fsp3) is 0.312. The standard InChI is InChI=1S/C32H35N3O6/c1-31(2,30(38)39)17-22-16-24-15-21(29(37)32(3,4)19-41-18-23-7-6-8-26(33)34-23)13-14-35(24)27(22)28(36)20-9-11-25(40-5)12-10-20/h6-16H,17-19H2,1-5H3,(H2,33,34)(H,38,39). The Hall–Kier alpha value is -4.50. The number of fused-ring (bicyclic) bond motifs is 1. The summed E-state index contributed by atoms with van der Waals surface area (Å²) in [6, 6.07) is 17.2. The lowest BCUT2D eigenvalue weighted by molar-refractivity contribution is -0.146. The van der Waals surface area contributed by atoms with Crippen LogP contribution in [-0.2, 0) is 22.6 Å². The molecule has 9 nitrogen and oxygen atoms in total. The van der Waals surface area contributed by atoms with Crippen molar-refractivity contribution >= 4 is 28.9 Å². The molecule has 41 heavy (non-hydrogen) atoms. The zero-order valence-corrected chi connectivity index (χ0v) is 23.9. The highest BCUT2D eigenvalue weighted by Crippen LogP contribution is 2.31. The van der Waals surface area contributed by atoms with Gasteiger partial charge in [-0.05, 0) is 80.4 Å². The summed E-state index contributed by atoms with van der Waals surface area (Å²) in [5, 5.41) is 9.77. The van der Waals surface area contributed by atoms with Gasteiger partial charge in [0.05, 0.1) is 42.5 Å². The first-order valence-electron chi connectivity index (χ1n) is 13.2. The highest BCUT2D eigenvalue weighted by Gasteiger charge is 2.32. The van der Waals surface area contributed by atoms with E-state index in [1.165, 1.54) is 0 Å².